The molecule has 2 atom stereocenters. The van der Waals surface area contributed by atoms with Crippen molar-refractivity contribution >= 4 is 15.6 Å². The molecular weight excluding hydrogens is 480 g/mol. The van der Waals surface area contributed by atoms with Gasteiger partial charge in [0.2, 0.25) is 0 Å². The van der Waals surface area contributed by atoms with E-state index in [2.05, 4.69) is 35.0 Å². The number of nitrogens with one attached hydrogen (secondary N) is 3. The normalized spacial score (nSPS) is 19.2. The van der Waals surface area contributed by atoms with Crippen molar-refractivity contribution in [2.24, 2.45) is 11.7 Å². The number of rotatable bonds is 12. The molecule has 1 rings (SSSR count). The summed E-state index contributed by atoms with van der Waals surface area (Å²) in [6.07, 6.45) is 9.08. The zero-order valence-corrected chi connectivity index (χ0v) is 18.0. The van der Waals surface area contributed by atoms with Crippen molar-refractivity contribution in [1.82, 2.24) is 16.0 Å². The Kier molecular flexibility index (Phi) is 11.5. The third-order valence-corrected chi connectivity index (χ3v) is 5.90. The molecule has 0 saturated heterocycles. The second-order valence-electron chi connectivity index (χ2n) is 6.05. The van der Waals surface area contributed by atoms with Crippen molar-refractivity contribution in [2.45, 2.75) is 38.6 Å². The van der Waals surface area contributed by atoms with Gasteiger partial charge in [0.25, 0.3) is 0 Å². The van der Waals surface area contributed by atoms with Crippen molar-refractivity contribution < 1.29 is 19.4 Å². The summed E-state index contributed by atoms with van der Waals surface area (Å²) >= 11 is 7.77. The first-order chi connectivity index (χ1) is 11.1. The molecule has 0 fully saturated rings. The van der Waals surface area contributed by atoms with Crippen molar-refractivity contribution in [3.05, 3.63) is 22.8 Å². The Labute approximate surface area is 157 Å². The molecule has 2 unspecified atom stereocenters. The van der Waals surface area contributed by atoms with E-state index >= 15 is 0 Å². The average Bonchev–Trinajstić information content (AvgIpc) is 2.53. The molecule has 0 aromatic rings. The van der Waals surface area contributed by atoms with Crippen molar-refractivity contribution in [3.8, 4) is 0 Å². The molecule has 0 spiro atoms. The average molecular weight is 511 g/mol. The van der Waals surface area contributed by atoms with Gasteiger partial charge in [0.15, 0.2) is 0 Å². The van der Waals surface area contributed by atoms with Gasteiger partial charge in [-0.3, -0.25) is 0 Å². The Hall–Kier alpha value is 0.168. The van der Waals surface area contributed by atoms with Crippen LogP contribution in [0.5, 0.6) is 0 Å². The molecule has 0 amide bonds. The quantitative estimate of drug-likeness (QED) is 0.302. The van der Waals surface area contributed by atoms with E-state index < -0.39 is 0 Å². The van der Waals surface area contributed by atoms with Crippen LogP contribution < -0.4 is 21.7 Å². The van der Waals surface area contributed by atoms with Crippen LogP contribution in [0, 0.1) is 5.92 Å². The standard InChI is InChI=1S/C17H31ClN4.W/c1-14-6-7-15(17(18)11-14)12-21-9-4-3-5-16(20-2)13-22-10-8-19;/h7,11,14,16,20-22H,3-6,8-10,12,19H2,1-2H3;. The van der Waals surface area contributed by atoms with Gasteiger partial charge in [0, 0.05) is 0 Å². The summed E-state index contributed by atoms with van der Waals surface area (Å²) in [6.45, 7) is 5.66. The molecule has 23 heavy (non-hydrogen) atoms. The minimum atomic E-state index is 0.455. The summed E-state index contributed by atoms with van der Waals surface area (Å²) in [5, 5.41) is 11.2. The fourth-order valence-corrected chi connectivity index (χ4v) is 4.13. The maximum absolute atomic E-state index is 6.28. The maximum atomic E-state index is 6.28. The Morgan fingerprint density at radius 2 is 2.22 bits per heavy atom. The number of hydrogen-bond donors (Lipinski definition) is 4. The van der Waals surface area contributed by atoms with E-state index in [4.69, 9.17) is 17.3 Å². The molecule has 0 aromatic heterocycles. The van der Waals surface area contributed by atoms with Gasteiger partial charge in [-0.25, -0.2) is 0 Å². The molecule has 0 aromatic carbocycles. The summed E-state index contributed by atoms with van der Waals surface area (Å²) in [6, 6.07) is 0.455. The van der Waals surface area contributed by atoms with Gasteiger partial charge in [0.05, 0.1) is 0 Å². The first-order valence-corrected chi connectivity index (χ1v) is 10.4. The summed E-state index contributed by atoms with van der Waals surface area (Å²) < 4.78 is 1.37. The predicted octanol–water partition coefficient (Wildman–Crippen LogP) is 1.65. The first kappa shape index (κ1) is 21.2. The fraction of sp³-hybridized carbons (Fsp3) is 0.706. The molecule has 0 saturated carbocycles. The van der Waals surface area contributed by atoms with Gasteiger partial charge < -0.3 is 0 Å². The number of hydrogen-bond acceptors (Lipinski definition) is 4. The van der Waals surface area contributed by atoms with Crippen LogP contribution in [0.15, 0.2) is 22.8 Å². The summed E-state index contributed by atoms with van der Waals surface area (Å²) in [4.78, 5) is 0. The van der Waals surface area contributed by atoms with Crippen molar-refractivity contribution in [3.63, 3.8) is 0 Å². The van der Waals surface area contributed by atoms with E-state index in [0.717, 1.165) is 37.5 Å². The number of allylic oxidation sites excluding steroid dienone is 2. The third kappa shape index (κ3) is 8.71. The Balaban J connectivity index is 2.13. The van der Waals surface area contributed by atoms with E-state index in [1.807, 2.05) is 7.05 Å². The van der Waals surface area contributed by atoms with Gasteiger partial charge in [-0.05, 0) is 0 Å². The zero-order chi connectivity index (χ0) is 17.1. The van der Waals surface area contributed by atoms with Crippen LogP contribution in [0.4, 0.5) is 0 Å². The van der Waals surface area contributed by atoms with E-state index in [9.17, 15) is 0 Å². The van der Waals surface area contributed by atoms with Gasteiger partial charge in [-0.2, -0.15) is 0 Å². The van der Waals surface area contributed by atoms with Crippen LogP contribution in [0.25, 0.3) is 0 Å². The van der Waals surface area contributed by atoms with Crippen LogP contribution in [-0.4, -0.2) is 43.3 Å². The molecule has 5 N–H and O–H groups in total. The third-order valence-electron chi connectivity index (χ3n) is 3.99. The van der Waals surface area contributed by atoms with Crippen LogP contribution >= 0.6 is 11.6 Å². The van der Waals surface area contributed by atoms with Gasteiger partial charge in [-0.1, -0.05) is 6.92 Å². The molecule has 0 radical (unpaired) electrons. The van der Waals surface area contributed by atoms with Gasteiger partial charge >= 0.3 is 150 Å². The topological polar surface area (TPSA) is 62.1 Å². The van der Waals surface area contributed by atoms with Crippen LogP contribution in [0.2, 0.25) is 0 Å². The number of unbranched alkanes of at least 4 members (excludes halogenated alkanes) is 1. The SMILES string of the molecule is CNC(CCCCNCC1=CCC(C)C=C1Cl)[C](=[W])NCCN. The molecule has 1 aliphatic carbocycles. The monoisotopic (exact) mass is 510 g/mol. The Bertz CT molecular complexity index is 423. The first-order valence-electron chi connectivity index (χ1n) is 8.51. The van der Waals surface area contributed by atoms with Gasteiger partial charge in [-0.15, -0.1) is 0 Å². The molecule has 1 aliphatic rings. The van der Waals surface area contributed by atoms with Crippen molar-refractivity contribution in [1.29, 1.82) is 0 Å². The zero-order valence-electron chi connectivity index (χ0n) is 14.3. The summed E-state index contributed by atoms with van der Waals surface area (Å²) in [5.41, 5.74) is 6.79. The van der Waals surface area contributed by atoms with Crippen LogP contribution in [-0.2, 0) is 19.4 Å². The molecule has 4 nitrogen and oxygen atoms in total. The molecular formula is C17H31ClN4W. The van der Waals surface area contributed by atoms with Crippen LogP contribution in [0.3, 0.4) is 0 Å². The van der Waals surface area contributed by atoms with E-state index in [1.165, 1.54) is 41.8 Å². The minimum absolute atomic E-state index is 0.455. The number of likely N-dealkylation sites (N-methyl/N-ethyl adjacent to an activating group) is 1. The second-order valence-corrected chi connectivity index (χ2v) is 8.04. The molecule has 0 bridgehead atoms. The molecule has 0 aliphatic heterocycles. The van der Waals surface area contributed by atoms with Crippen molar-refractivity contribution in [2.75, 3.05) is 33.2 Å². The summed E-state index contributed by atoms with van der Waals surface area (Å²) in [5.74, 6) is 0.569. The number of nitrogens with two attached hydrogens (primary N) is 1. The van der Waals surface area contributed by atoms with Crippen LogP contribution in [0.1, 0.15) is 32.6 Å². The molecule has 0 heterocycles. The molecule has 6 heteroatoms. The van der Waals surface area contributed by atoms with E-state index in [1.54, 1.807) is 0 Å². The predicted molar refractivity (Wildman–Crippen MR) is 97.4 cm³/mol. The van der Waals surface area contributed by atoms with E-state index in [0.29, 0.717) is 18.5 Å². The molecule has 132 valence electrons. The fourth-order valence-electron chi connectivity index (χ4n) is 2.55. The summed E-state index contributed by atoms with van der Waals surface area (Å²) in [7, 11) is 2.03. The second kappa shape index (κ2) is 12.5. The number of halogens is 1. The van der Waals surface area contributed by atoms with E-state index in [-0.39, 0.29) is 0 Å². The Morgan fingerprint density at radius 3 is 2.87 bits per heavy atom. The Morgan fingerprint density at radius 1 is 1.43 bits per heavy atom. The van der Waals surface area contributed by atoms with Gasteiger partial charge in [0.1, 0.15) is 0 Å².